The molecule has 0 spiro atoms. The van der Waals surface area contributed by atoms with Crippen LogP contribution in [0.4, 0.5) is 0 Å². The van der Waals surface area contributed by atoms with E-state index in [0.717, 1.165) is 12.8 Å². The minimum absolute atomic E-state index is 0.0933. The molecule has 4 atom stereocenters. The van der Waals surface area contributed by atoms with Crippen molar-refractivity contribution in [3.63, 3.8) is 0 Å². The molecule has 2 aliphatic carbocycles. The smallest absolute Gasteiger partial charge is 0.344 e. The molecule has 0 amide bonds. The molecule has 0 radical (unpaired) electrons. The van der Waals surface area contributed by atoms with E-state index >= 15 is 0 Å². The molecule has 4 rings (SSSR count). The monoisotopic (exact) mass is 273 g/mol. The van der Waals surface area contributed by atoms with E-state index in [2.05, 4.69) is 18.8 Å². The topological polar surface area (TPSA) is 48.4 Å². The molecule has 4 bridgehead atoms. The largest absolute Gasteiger partial charge is 0.423 e. The highest BCUT2D eigenvalue weighted by atomic mass is 16.6. The second-order valence-corrected chi connectivity index (χ2v) is 6.88. The van der Waals surface area contributed by atoms with Gasteiger partial charge in [-0.2, -0.15) is 0 Å². The fourth-order valence-electron chi connectivity index (χ4n) is 4.81. The summed E-state index contributed by atoms with van der Waals surface area (Å²) < 4.78 is 11.6. The third-order valence-electron chi connectivity index (χ3n) is 6.37. The zero-order valence-electron chi connectivity index (χ0n) is 11.9. The first-order chi connectivity index (χ1) is 9.52. The first-order valence-electron chi connectivity index (χ1n) is 7.28. The van der Waals surface area contributed by atoms with Gasteiger partial charge in [0.15, 0.2) is 5.60 Å². The van der Waals surface area contributed by atoms with Gasteiger partial charge in [0.2, 0.25) is 0 Å². The summed E-state index contributed by atoms with van der Waals surface area (Å²) in [7, 11) is 0. The quantitative estimate of drug-likeness (QED) is 0.777. The van der Waals surface area contributed by atoms with Gasteiger partial charge in [0.25, 0.3) is 0 Å². The lowest BCUT2D eigenvalue weighted by Gasteiger charge is -2.38. The van der Waals surface area contributed by atoms with Crippen LogP contribution in [0.5, 0.6) is 5.75 Å². The van der Waals surface area contributed by atoms with Crippen LogP contribution in [0.3, 0.4) is 0 Å². The number of pyridine rings is 1. The maximum Gasteiger partial charge on any atom is 0.344 e. The van der Waals surface area contributed by atoms with Crippen LogP contribution in [0.15, 0.2) is 24.5 Å². The van der Waals surface area contributed by atoms with E-state index in [-0.39, 0.29) is 16.8 Å². The van der Waals surface area contributed by atoms with E-state index in [4.69, 9.17) is 9.47 Å². The number of nitrogens with zero attached hydrogens (tertiary/aromatic N) is 1. The summed E-state index contributed by atoms with van der Waals surface area (Å²) in [5, 5.41) is 0. The van der Waals surface area contributed by atoms with Crippen molar-refractivity contribution >= 4 is 5.97 Å². The van der Waals surface area contributed by atoms with Gasteiger partial charge < -0.3 is 9.47 Å². The molecule has 1 aromatic rings. The fraction of sp³-hybridized carbons (Fsp3) is 0.625. The molecular formula is C16H19NO3. The van der Waals surface area contributed by atoms with Gasteiger partial charge in [0.1, 0.15) is 5.75 Å². The molecule has 0 N–H and O–H groups in total. The minimum Gasteiger partial charge on any atom is -0.423 e. The second-order valence-electron chi connectivity index (χ2n) is 6.88. The molecule has 4 unspecified atom stereocenters. The van der Waals surface area contributed by atoms with E-state index in [9.17, 15) is 4.79 Å². The Morgan fingerprint density at radius 1 is 1.50 bits per heavy atom. The molecule has 0 aromatic carbocycles. The van der Waals surface area contributed by atoms with Crippen LogP contribution in [0.2, 0.25) is 0 Å². The lowest BCUT2D eigenvalue weighted by atomic mass is 9.66. The first kappa shape index (κ1) is 12.3. The minimum atomic E-state index is -0.749. The van der Waals surface area contributed by atoms with Crippen molar-refractivity contribution in [3.05, 3.63) is 24.5 Å². The molecule has 4 nitrogen and oxygen atoms in total. The summed E-state index contributed by atoms with van der Waals surface area (Å²) in [6, 6.07) is 3.52. The number of hydrogen-bond donors (Lipinski definition) is 0. The van der Waals surface area contributed by atoms with Crippen LogP contribution < -0.4 is 4.74 Å². The lowest BCUT2D eigenvalue weighted by Crippen LogP contribution is -2.52. The van der Waals surface area contributed by atoms with Crippen LogP contribution >= 0.6 is 0 Å². The lowest BCUT2D eigenvalue weighted by molar-refractivity contribution is -0.171. The van der Waals surface area contributed by atoms with Crippen LogP contribution in [0.25, 0.3) is 0 Å². The number of carbonyl (C=O) groups is 1. The second kappa shape index (κ2) is 3.61. The number of ether oxygens (including phenoxy) is 2. The van der Waals surface area contributed by atoms with E-state index in [1.54, 1.807) is 24.5 Å². The van der Waals surface area contributed by atoms with Crippen LogP contribution in [-0.2, 0) is 9.53 Å². The highest BCUT2D eigenvalue weighted by Gasteiger charge is 2.79. The average molecular weight is 273 g/mol. The number of rotatable bonds is 2. The molecule has 4 heteroatoms. The maximum absolute atomic E-state index is 12.8. The SMILES string of the molecule is CC12COC3(C(=O)Oc4cccnc4)CC1CCC32C. The van der Waals surface area contributed by atoms with Gasteiger partial charge in [-0.15, -0.1) is 0 Å². The molecule has 2 saturated carbocycles. The van der Waals surface area contributed by atoms with Crippen molar-refractivity contribution < 1.29 is 14.3 Å². The van der Waals surface area contributed by atoms with Gasteiger partial charge >= 0.3 is 5.97 Å². The predicted molar refractivity (Wildman–Crippen MR) is 72.1 cm³/mol. The van der Waals surface area contributed by atoms with Gasteiger partial charge in [0, 0.05) is 17.0 Å². The van der Waals surface area contributed by atoms with E-state index < -0.39 is 5.60 Å². The molecule has 3 fully saturated rings. The van der Waals surface area contributed by atoms with Crippen LogP contribution in [0, 0.1) is 16.7 Å². The number of hydrogen-bond acceptors (Lipinski definition) is 4. The highest BCUT2D eigenvalue weighted by molar-refractivity contribution is 5.84. The predicted octanol–water partition coefficient (Wildman–Crippen LogP) is 2.58. The standard InChI is InChI=1S/C16H19NO3/c1-14-10-19-16(8-11(14)5-6-15(14,16)2)13(18)20-12-4-3-7-17-9-12/h3-4,7,9,11H,5-6,8,10H2,1-2H3. The summed E-state index contributed by atoms with van der Waals surface area (Å²) in [6.07, 6.45) is 6.30. The van der Waals surface area contributed by atoms with Crippen molar-refractivity contribution in [1.29, 1.82) is 0 Å². The average Bonchev–Trinajstić information content (AvgIpc) is 2.92. The van der Waals surface area contributed by atoms with Crippen LogP contribution in [0.1, 0.15) is 33.1 Å². The number of carbonyl (C=O) groups excluding carboxylic acids is 1. The van der Waals surface area contributed by atoms with Gasteiger partial charge in [-0.05, 0) is 37.3 Å². The Bertz CT molecular complexity index is 574. The summed E-state index contributed by atoms with van der Waals surface area (Å²) in [6.45, 7) is 5.16. The molecule has 3 aliphatic rings. The van der Waals surface area contributed by atoms with Crippen molar-refractivity contribution in [2.45, 2.75) is 38.7 Å². The first-order valence-corrected chi connectivity index (χ1v) is 7.28. The van der Waals surface area contributed by atoms with Crippen molar-refractivity contribution in [1.82, 2.24) is 4.98 Å². The Morgan fingerprint density at radius 2 is 2.35 bits per heavy atom. The Labute approximate surface area is 118 Å². The maximum atomic E-state index is 12.8. The molecule has 1 aliphatic heterocycles. The molecule has 2 heterocycles. The summed E-state index contributed by atoms with van der Waals surface area (Å²) in [5.74, 6) is 0.845. The van der Waals surface area contributed by atoms with Gasteiger partial charge in [-0.1, -0.05) is 13.8 Å². The van der Waals surface area contributed by atoms with E-state index in [1.165, 1.54) is 6.42 Å². The Kier molecular flexibility index (Phi) is 2.23. The molecule has 106 valence electrons. The van der Waals surface area contributed by atoms with E-state index in [0.29, 0.717) is 18.3 Å². The molecule has 20 heavy (non-hydrogen) atoms. The highest BCUT2D eigenvalue weighted by Crippen LogP contribution is 2.75. The molecule has 1 saturated heterocycles. The Hall–Kier alpha value is -1.42. The number of esters is 1. The zero-order valence-corrected chi connectivity index (χ0v) is 11.9. The summed E-state index contributed by atoms with van der Waals surface area (Å²) in [5.41, 5.74) is -0.717. The normalized spacial score (nSPS) is 44.8. The third kappa shape index (κ3) is 1.17. The Balaban J connectivity index is 1.68. The Morgan fingerprint density at radius 3 is 3.00 bits per heavy atom. The molecule has 1 aromatic heterocycles. The van der Waals surface area contributed by atoms with Crippen molar-refractivity contribution in [2.75, 3.05) is 6.61 Å². The summed E-state index contributed by atoms with van der Waals surface area (Å²) in [4.78, 5) is 16.7. The van der Waals surface area contributed by atoms with E-state index in [1.807, 2.05) is 0 Å². The number of aromatic nitrogens is 1. The van der Waals surface area contributed by atoms with Gasteiger partial charge in [-0.25, -0.2) is 4.79 Å². The zero-order chi connectivity index (χ0) is 14.0. The van der Waals surface area contributed by atoms with Crippen LogP contribution in [-0.4, -0.2) is 23.2 Å². The fourth-order valence-corrected chi connectivity index (χ4v) is 4.81. The third-order valence-corrected chi connectivity index (χ3v) is 6.37. The van der Waals surface area contributed by atoms with Crippen molar-refractivity contribution in [3.8, 4) is 5.75 Å². The summed E-state index contributed by atoms with van der Waals surface area (Å²) >= 11 is 0. The van der Waals surface area contributed by atoms with Crippen molar-refractivity contribution in [2.24, 2.45) is 16.7 Å². The van der Waals surface area contributed by atoms with Gasteiger partial charge in [0.05, 0.1) is 12.8 Å². The van der Waals surface area contributed by atoms with Gasteiger partial charge in [-0.3, -0.25) is 4.98 Å². The molecular weight excluding hydrogens is 254 g/mol.